The van der Waals surface area contributed by atoms with E-state index in [1.54, 1.807) is 0 Å². The Morgan fingerprint density at radius 3 is 2.45 bits per heavy atom. The highest BCUT2D eigenvalue weighted by molar-refractivity contribution is 5.71. The minimum Gasteiger partial charge on any atom is -0.363 e. The highest BCUT2D eigenvalue weighted by Gasteiger charge is 2.23. The molecular formula is C21H25N. The van der Waals surface area contributed by atoms with Crippen LogP contribution in [0.1, 0.15) is 47.6 Å². The zero-order valence-corrected chi connectivity index (χ0v) is 13.7. The normalized spacial score (nSPS) is 13.5. The number of benzene rings is 2. The third kappa shape index (κ3) is 2.94. The molecule has 1 heteroatoms. The second-order valence-electron chi connectivity index (χ2n) is 6.33. The number of hydrogen-bond donors (Lipinski definition) is 0. The zero-order chi connectivity index (χ0) is 15.5. The number of fused-ring (bicyclic) bond motifs is 1. The van der Waals surface area contributed by atoms with Crippen molar-refractivity contribution in [3.05, 3.63) is 76.9 Å². The topological polar surface area (TPSA) is 3.24 Å². The van der Waals surface area contributed by atoms with Crippen molar-refractivity contribution in [3.8, 4) is 0 Å². The molecule has 0 spiro atoms. The van der Waals surface area contributed by atoms with Gasteiger partial charge in [0.1, 0.15) is 0 Å². The highest BCUT2D eigenvalue weighted by atomic mass is 15.2. The first-order valence-corrected chi connectivity index (χ1v) is 8.29. The molecule has 0 saturated carbocycles. The Hall–Kier alpha value is -2.02. The molecule has 0 saturated heterocycles. The second-order valence-corrected chi connectivity index (χ2v) is 6.33. The van der Waals surface area contributed by atoms with Gasteiger partial charge in [-0.3, -0.25) is 0 Å². The molecule has 114 valence electrons. The van der Waals surface area contributed by atoms with E-state index >= 15 is 0 Å². The maximum absolute atomic E-state index is 4.32. The van der Waals surface area contributed by atoms with Crippen molar-refractivity contribution in [1.29, 1.82) is 0 Å². The SMILES string of the molecule is C=C1c2c(C)cccc2CN1Cc1ccc(CCCC)cc1. The molecule has 22 heavy (non-hydrogen) atoms. The summed E-state index contributed by atoms with van der Waals surface area (Å²) < 4.78 is 0. The predicted molar refractivity (Wildman–Crippen MR) is 94.5 cm³/mol. The minimum atomic E-state index is 0.945. The van der Waals surface area contributed by atoms with Crippen molar-refractivity contribution >= 4 is 5.70 Å². The third-order valence-corrected chi connectivity index (χ3v) is 4.61. The standard InChI is InChI=1S/C21H25N/c1-4-5-8-18-10-12-19(13-11-18)14-22-15-20-9-6-7-16(2)21(20)17(22)3/h6-7,9-13H,3-5,8,14-15H2,1-2H3. The van der Waals surface area contributed by atoms with Gasteiger partial charge in [0.2, 0.25) is 0 Å². The average Bonchev–Trinajstić information content (AvgIpc) is 2.84. The zero-order valence-electron chi connectivity index (χ0n) is 13.7. The Morgan fingerprint density at radius 2 is 1.77 bits per heavy atom. The Morgan fingerprint density at radius 1 is 1.05 bits per heavy atom. The van der Waals surface area contributed by atoms with Crippen LogP contribution in [0.3, 0.4) is 0 Å². The molecule has 0 aliphatic carbocycles. The van der Waals surface area contributed by atoms with E-state index in [0.717, 1.165) is 13.1 Å². The first-order chi connectivity index (χ1) is 10.7. The summed E-state index contributed by atoms with van der Waals surface area (Å²) >= 11 is 0. The van der Waals surface area contributed by atoms with Crippen LogP contribution in [0.5, 0.6) is 0 Å². The fraction of sp³-hybridized carbons (Fsp3) is 0.333. The molecule has 1 aliphatic rings. The van der Waals surface area contributed by atoms with Gasteiger partial charge in [-0.1, -0.05) is 62.4 Å². The highest BCUT2D eigenvalue weighted by Crippen LogP contribution is 2.34. The monoisotopic (exact) mass is 291 g/mol. The maximum atomic E-state index is 4.32. The summed E-state index contributed by atoms with van der Waals surface area (Å²) in [5.74, 6) is 0. The molecule has 0 N–H and O–H groups in total. The van der Waals surface area contributed by atoms with Gasteiger partial charge in [-0.2, -0.15) is 0 Å². The van der Waals surface area contributed by atoms with Crippen LogP contribution in [0.4, 0.5) is 0 Å². The fourth-order valence-corrected chi connectivity index (χ4v) is 3.30. The van der Waals surface area contributed by atoms with E-state index in [1.165, 1.54) is 52.8 Å². The maximum Gasteiger partial charge on any atom is 0.0440 e. The Labute approximate surface area is 134 Å². The predicted octanol–water partition coefficient (Wildman–Crippen LogP) is 5.32. The van der Waals surface area contributed by atoms with Gasteiger partial charge < -0.3 is 4.90 Å². The van der Waals surface area contributed by atoms with Crippen LogP contribution < -0.4 is 0 Å². The molecule has 1 nitrogen and oxygen atoms in total. The molecule has 2 aromatic rings. The molecule has 0 fully saturated rings. The molecule has 0 aromatic heterocycles. The summed E-state index contributed by atoms with van der Waals surface area (Å²) in [6.45, 7) is 10.7. The first kappa shape index (κ1) is 14.9. The van der Waals surface area contributed by atoms with Gasteiger partial charge in [0, 0.05) is 24.4 Å². The number of aryl methyl sites for hydroxylation is 2. The van der Waals surface area contributed by atoms with Gasteiger partial charge >= 0.3 is 0 Å². The molecule has 1 aliphatic heterocycles. The molecular weight excluding hydrogens is 266 g/mol. The Bertz CT molecular complexity index is 667. The minimum absolute atomic E-state index is 0.945. The van der Waals surface area contributed by atoms with Crippen LogP contribution in [0.2, 0.25) is 0 Å². The molecule has 0 amide bonds. The van der Waals surface area contributed by atoms with E-state index in [1.807, 2.05) is 0 Å². The molecule has 0 radical (unpaired) electrons. The summed E-state index contributed by atoms with van der Waals surface area (Å²) in [5, 5.41) is 0. The van der Waals surface area contributed by atoms with Gasteiger partial charge in [0.25, 0.3) is 0 Å². The largest absolute Gasteiger partial charge is 0.363 e. The summed E-state index contributed by atoms with van der Waals surface area (Å²) in [7, 11) is 0. The smallest absolute Gasteiger partial charge is 0.0440 e. The fourth-order valence-electron chi connectivity index (χ4n) is 3.30. The molecule has 3 rings (SSSR count). The van der Waals surface area contributed by atoms with E-state index in [2.05, 4.69) is 67.8 Å². The second kappa shape index (κ2) is 6.39. The lowest BCUT2D eigenvalue weighted by Crippen LogP contribution is -2.14. The van der Waals surface area contributed by atoms with Crippen molar-refractivity contribution in [2.45, 2.75) is 46.2 Å². The Balaban J connectivity index is 1.70. The van der Waals surface area contributed by atoms with Gasteiger partial charge in [0.05, 0.1) is 0 Å². The van der Waals surface area contributed by atoms with E-state index in [-0.39, 0.29) is 0 Å². The molecule has 0 atom stereocenters. The van der Waals surface area contributed by atoms with Crippen molar-refractivity contribution < 1.29 is 0 Å². The van der Waals surface area contributed by atoms with Crippen LogP contribution >= 0.6 is 0 Å². The lowest BCUT2D eigenvalue weighted by atomic mass is 10.0. The number of nitrogens with zero attached hydrogens (tertiary/aromatic N) is 1. The van der Waals surface area contributed by atoms with Crippen molar-refractivity contribution in [2.24, 2.45) is 0 Å². The van der Waals surface area contributed by atoms with Crippen LogP contribution in [0.15, 0.2) is 49.0 Å². The summed E-state index contributed by atoms with van der Waals surface area (Å²) in [6.07, 6.45) is 3.72. The number of hydrogen-bond acceptors (Lipinski definition) is 1. The van der Waals surface area contributed by atoms with Crippen LogP contribution in [-0.2, 0) is 19.5 Å². The first-order valence-electron chi connectivity index (χ1n) is 8.29. The van der Waals surface area contributed by atoms with Gasteiger partial charge in [-0.05, 0) is 42.0 Å². The van der Waals surface area contributed by atoms with Crippen molar-refractivity contribution in [1.82, 2.24) is 4.90 Å². The van der Waals surface area contributed by atoms with E-state index < -0.39 is 0 Å². The van der Waals surface area contributed by atoms with Gasteiger partial charge in [0.15, 0.2) is 0 Å². The van der Waals surface area contributed by atoms with Crippen LogP contribution in [-0.4, -0.2) is 4.90 Å². The van der Waals surface area contributed by atoms with E-state index in [4.69, 9.17) is 0 Å². The van der Waals surface area contributed by atoms with Crippen molar-refractivity contribution in [3.63, 3.8) is 0 Å². The van der Waals surface area contributed by atoms with E-state index in [0.29, 0.717) is 0 Å². The average molecular weight is 291 g/mol. The molecule has 1 heterocycles. The van der Waals surface area contributed by atoms with Gasteiger partial charge in [-0.25, -0.2) is 0 Å². The number of unbranched alkanes of at least 4 members (excludes halogenated alkanes) is 1. The van der Waals surface area contributed by atoms with Crippen LogP contribution in [0, 0.1) is 6.92 Å². The lowest BCUT2D eigenvalue weighted by Gasteiger charge is -2.20. The summed E-state index contributed by atoms with van der Waals surface area (Å²) in [4.78, 5) is 2.39. The molecule has 0 unspecified atom stereocenters. The lowest BCUT2D eigenvalue weighted by molar-refractivity contribution is 0.404. The van der Waals surface area contributed by atoms with Crippen LogP contribution in [0.25, 0.3) is 5.70 Å². The van der Waals surface area contributed by atoms with Crippen molar-refractivity contribution in [2.75, 3.05) is 0 Å². The third-order valence-electron chi connectivity index (χ3n) is 4.61. The van der Waals surface area contributed by atoms with E-state index in [9.17, 15) is 0 Å². The Kier molecular flexibility index (Phi) is 4.33. The summed E-state index contributed by atoms with van der Waals surface area (Å²) in [6, 6.07) is 15.7. The molecule has 2 aromatic carbocycles. The quantitative estimate of drug-likeness (QED) is 0.720. The van der Waals surface area contributed by atoms with Gasteiger partial charge in [-0.15, -0.1) is 0 Å². The number of rotatable bonds is 5. The molecule has 0 bridgehead atoms. The summed E-state index contributed by atoms with van der Waals surface area (Å²) in [5.41, 5.74) is 8.08.